The van der Waals surface area contributed by atoms with E-state index in [9.17, 15) is 9.59 Å². The molecule has 0 saturated carbocycles. The van der Waals surface area contributed by atoms with Crippen molar-refractivity contribution in [1.29, 1.82) is 0 Å². The fourth-order valence-electron chi connectivity index (χ4n) is 5.22. The number of hydrogen-bond donors (Lipinski definition) is 2. The number of H-pyrrole nitrogens is 1. The van der Waals surface area contributed by atoms with Gasteiger partial charge >= 0.3 is 0 Å². The van der Waals surface area contributed by atoms with E-state index in [0.29, 0.717) is 12.0 Å². The highest BCUT2D eigenvalue weighted by Crippen LogP contribution is 2.37. The van der Waals surface area contributed by atoms with Gasteiger partial charge in [0.15, 0.2) is 5.78 Å². The molecule has 34 heavy (non-hydrogen) atoms. The van der Waals surface area contributed by atoms with Gasteiger partial charge in [-0.25, -0.2) is 0 Å². The summed E-state index contributed by atoms with van der Waals surface area (Å²) < 4.78 is 0. The lowest BCUT2D eigenvalue weighted by Gasteiger charge is -2.13. The number of carbonyl (C=O) groups excluding carboxylic acids is 2. The number of nitrogens with zero attached hydrogens (tertiary/aromatic N) is 1. The average molecular weight is 454 g/mol. The Hall–Kier alpha value is -3.44. The van der Waals surface area contributed by atoms with Gasteiger partial charge in [0.25, 0.3) is 5.91 Å². The number of carbonyl (C=O) groups is 2. The van der Waals surface area contributed by atoms with Gasteiger partial charge in [-0.05, 0) is 87.6 Å². The molecule has 5 nitrogen and oxygen atoms in total. The highest BCUT2D eigenvalue weighted by Gasteiger charge is 2.26. The van der Waals surface area contributed by atoms with Gasteiger partial charge in [-0.15, -0.1) is 0 Å². The predicted molar refractivity (Wildman–Crippen MR) is 138 cm³/mol. The minimum absolute atomic E-state index is 0.120. The Morgan fingerprint density at radius 2 is 1.79 bits per heavy atom. The summed E-state index contributed by atoms with van der Waals surface area (Å²) in [6.07, 6.45) is 5.86. The molecule has 1 amide bonds. The summed E-state index contributed by atoms with van der Waals surface area (Å²) in [5.74, 6) is 0.0584. The molecular formula is C29H31N3O2. The molecule has 1 fully saturated rings. The van der Waals surface area contributed by atoms with E-state index in [2.05, 4.69) is 33.4 Å². The number of benzene rings is 2. The summed E-state index contributed by atoms with van der Waals surface area (Å²) >= 11 is 0. The molecule has 2 N–H and O–H groups in total. The number of Topliss-reactive ketones (excluding diaryl/α,β-unsaturated/α-hetero) is 1. The minimum atomic E-state index is -0.120. The maximum absolute atomic E-state index is 13.0. The number of fused-ring (bicyclic) bond motifs is 1. The van der Waals surface area contributed by atoms with Crippen LogP contribution in [0.4, 0.5) is 5.69 Å². The van der Waals surface area contributed by atoms with E-state index >= 15 is 0 Å². The smallest absolute Gasteiger partial charge is 0.256 e. The standard InChI is InChI=1S/C29H31N3O2/c1-19-26(30-20(2)28(19)27(33)11-8-16-32-14-6-7-15-32)18-24-23-17-22(21-9-4-3-5-10-21)12-13-25(23)31-29(24)34/h3-5,9-10,12-13,17-18,30H,6-8,11,14-16H2,1-2H3,(H,31,34)/b24-18-. The molecule has 0 atom stereocenters. The number of aromatic nitrogens is 1. The van der Waals surface area contributed by atoms with Crippen molar-refractivity contribution in [3.8, 4) is 11.1 Å². The summed E-state index contributed by atoms with van der Waals surface area (Å²) in [4.78, 5) is 31.7. The van der Waals surface area contributed by atoms with Gasteiger partial charge in [0.1, 0.15) is 0 Å². The van der Waals surface area contributed by atoms with Gasteiger partial charge in [-0.2, -0.15) is 0 Å². The Morgan fingerprint density at radius 1 is 1.03 bits per heavy atom. The fourth-order valence-corrected chi connectivity index (χ4v) is 5.22. The van der Waals surface area contributed by atoms with Crippen molar-refractivity contribution >= 4 is 29.0 Å². The molecule has 2 aliphatic rings. The first-order valence-electron chi connectivity index (χ1n) is 12.2. The van der Waals surface area contributed by atoms with Crippen molar-refractivity contribution in [2.24, 2.45) is 0 Å². The highest BCUT2D eigenvalue weighted by atomic mass is 16.2. The van der Waals surface area contributed by atoms with Crippen LogP contribution in [0.15, 0.2) is 48.5 Å². The largest absolute Gasteiger partial charge is 0.358 e. The number of anilines is 1. The Balaban J connectivity index is 1.40. The van der Waals surface area contributed by atoms with Crippen molar-refractivity contribution in [2.75, 3.05) is 25.0 Å². The quantitative estimate of drug-likeness (QED) is 0.348. The molecule has 0 radical (unpaired) electrons. The lowest BCUT2D eigenvalue weighted by atomic mass is 9.98. The normalized spacial score (nSPS) is 16.8. The Bertz CT molecular complexity index is 1260. The number of nitrogens with one attached hydrogen (secondary N) is 2. The predicted octanol–water partition coefficient (Wildman–Crippen LogP) is 5.85. The molecule has 0 spiro atoms. The number of ketones is 1. The zero-order valence-electron chi connectivity index (χ0n) is 19.9. The first kappa shape index (κ1) is 22.4. The van der Waals surface area contributed by atoms with Gasteiger partial charge in [0.2, 0.25) is 0 Å². The second-order valence-electron chi connectivity index (χ2n) is 9.38. The molecule has 3 aromatic rings. The lowest BCUT2D eigenvalue weighted by molar-refractivity contribution is -0.110. The maximum Gasteiger partial charge on any atom is 0.256 e. The summed E-state index contributed by atoms with van der Waals surface area (Å²) in [7, 11) is 0. The number of hydrogen-bond acceptors (Lipinski definition) is 3. The summed E-state index contributed by atoms with van der Waals surface area (Å²) in [5, 5.41) is 2.97. The first-order valence-corrected chi connectivity index (χ1v) is 12.2. The molecule has 0 bridgehead atoms. The zero-order chi connectivity index (χ0) is 23.7. The Labute approximate surface area is 200 Å². The van der Waals surface area contributed by atoms with Crippen LogP contribution < -0.4 is 5.32 Å². The maximum atomic E-state index is 13.0. The first-order chi connectivity index (χ1) is 16.5. The summed E-state index contributed by atoms with van der Waals surface area (Å²) in [6, 6.07) is 16.2. The van der Waals surface area contributed by atoms with Crippen LogP contribution in [-0.2, 0) is 4.79 Å². The number of likely N-dealkylation sites (tertiary alicyclic amines) is 1. The lowest BCUT2D eigenvalue weighted by Crippen LogP contribution is -2.21. The van der Waals surface area contributed by atoms with Crippen molar-refractivity contribution in [2.45, 2.75) is 39.5 Å². The molecule has 3 heterocycles. The van der Waals surface area contributed by atoms with Crippen molar-refractivity contribution in [3.05, 3.63) is 76.6 Å². The molecule has 1 saturated heterocycles. The molecular weight excluding hydrogens is 422 g/mol. The van der Waals surface area contributed by atoms with E-state index in [-0.39, 0.29) is 11.7 Å². The minimum Gasteiger partial charge on any atom is -0.358 e. The van der Waals surface area contributed by atoms with Gasteiger partial charge < -0.3 is 15.2 Å². The van der Waals surface area contributed by atoms with Crippen LogP contribution in [-0.4, -0.2) is 41.2 Å². The van der Waals surface area contributed by atoms with E-state index in [1.54, 1.807) is 0 Å². The average Bonchev–Trinajstić information content (AvgIpc) is 3.53. The molecule has 0 unspecified atom stereocenters. The highest BCUT2D eigenvalue weighted by molar-refractivity contribution is 6.35. The van der Waals surface area contributed by atoms with E-state index < -0.39 is 0 Å². The number of aryl methyl sites for hydroxylation is 1. The van der Waals surface area contributed by atoms with E-state index in [4.69, 9.17) is 0 Å². The number of aromatic amines is 1. The van der Waals surface area contributed by atoms with Gasteiger partial charge in [0, 0.05) is 34.6 Å². The topological polar surface area (TPSA) is 65.2 Å². The summed E-state index contributed by atoms with van der Waals surface area (Å²) in [5.41, 5.74) is 7.86. The molecule has 1 aromatic heterocycles. The Kier molecular flexibility index (Phi) is 6.20. The fraction of sp³-hybridized carbons (Fsp3) is 0.310. The van der Waals surface area contributed by atoms with Crippen molar-refractivity contribution in [3.63, 3.8) is 0 Å². The van der Waals surface area contributed by atoms with Crippen LogP contribution in [0, 0.1) is 13.8 Å². The third-order valence-corrected chi connectivity index (χ3v) is 7.03. The second kappa shape index (κ2) is 9.43. The molecule has 5 rings (SSSR count). The van der Waals surface area contributed by atoms with Crippen LogP contribution in [0.1, 0.15) is 58.6 Å². The van der Waals surface area contributed by atoms with Crippen LogP contribution in [0.2, 0.25) is 0 Å². The van der Waals surface area contributed by atoms with Crippen molar-refractivity contribution < 1.29 is 9.59 Å². The number of amides is 1. The SMILES string of the molecule is Cc1[nH]c(/C=C2\C(=O)Nc3ccc(-c4ccccc4)cc32)c(C)c1C(=O)CCCN1CCCC1. The molecule has 5 heteroatoms. The number of rotatable bonds is 7. The monoisotopic (exact) mass is 453 g/mol. The second-order valence-corrected chi connectivity index (χ2v) is 9.38. The van der Waals surface area contributed by atoms with Crippen molar-refractivity contribution in [1.82, 2.24) is 9.88 Å². The summed E-state index contributed by atoms with van der Waals surface area (Å²) in [6.45, 7) is 7.22. The van der Waals surface area contributed by atoms with E-state index in [1.807, 2.05) is 50.3 Å². The van der Waals surface area contributed by atoms with Gasteiger partial charge in [-0.3, -0.25) is 9.59 Å². The van der Waals surface area contributed by atoms with Gasteiger partial charge in [-0.1, -0.05) is 36.4 Å². The molecule has 174 valence electrons. The van der Waals surface area contributed by atoms with Crippen LogP contribution >= 0.6 is 0 Å². The zero-order valence-corrected chi connectivity index (χ0v) is 19.9. The van der Waals surface area contributed by atoms with Crippen LogP contribution in [0.5, 0.6) is 0 Å². The molecule has 0 aliphatic carbocycles. The van der Waals surface area contributed by atoms with Gasteiger partial charge in [0.05, 0.1) is 5.57 Å². The molecule has 2 aliphatic heterocycles. The third kappa shape index (κ3) is 4.36. The van der Waals surface area contributed by atoms with Crippen LogP contribution in [0.25, 0.3) is 22.8 Å². The third-order valence-electron chi connectivity index (χ3n) is 7.03. The Morgan fingerprint density at radius 3 is 2.56 bits per heavy atom. The molecule has 2 aromatic carbocycles. The van der Waals surface area contributed by atoms with E-state index in [0.717, 1.165) is 70.9 Å². The van der Waals surface area contributed by atoms with Crippen LogP contribution in [0.3, 0.4) is 0 Å². The van der Waals surface area contributed by atoms with E-state index in [1.165, 1.54) is 12.8 Å².